The van der Waals surface area contributed by atoms with E-state index in [2.05, 4.69) is 29.2 Å². The van der Waals surface area contributed by atoms with Gasteiger partial charge in [-0.15, -0.1) is 0 Å². The average molecular weight is 394 g/mol. The van der Waals surface area contributed by atoms with Gasteiger partial charge in [-0.1, -0.05) is 48.5 Å². The zero-order chi connectivity index (χ0) is 20.5. The van der Waals surface area contributed by atoms with Gasteiger partial charge >= 0.3 is 0 Å². The van der Waals surface area contributed by atoms with Crippen LogP contribution in [-0.2, 0) is 0 Å². The Balaban J connectivity index is 1.75. The van der Waals surface area contributed by atoms with Gasteiger partial charge < -0.3 is 4.74 Å². The zero-order valence-electron chi connectivity index (χ0n) is 17.0. The molecule has 1 aliphatic heterocycles. The molecule has 0 radical (unpaired) electrons. The molecule has 1 atom stereocenters. The first-order chi connectivity index (χ1) is 14.8. The molecule has 148 valence electrons. The van der Waals surface area contributed by atoms with Gasteiger partial charge in [-0.05, 0) is 36.2 Å². The van der Waals surface area contributed by atoms with E-state index in [1.54, 1.807) is 13.3 Å². The lowest BCUT2D eigenvalue weighted by Crippen LogP contribution is -2.21. The predicted octanol–water partition coefficient (Wildman–Crippen LogP) is 5.38. The Morgan fingerprint density at radius 1 is 0.967 bits per heavy atom. The third-order valence-corrected chi connectivity index (χ3v) is 5.53. The average Bonchev–Trinajstić information content (AvgIpc) is 3.15. The first-order valence-corrected chi connectivity index (χ1v) is 10.0. The minimum atomic E-state index is 0.0160. The summed E-state index contributed by atoms with van der Waals surface area (Å²) in [6.07, 6.45) is 4.43. The molecule has 3 heterocycles. The summed E-state index contributed by atoms with van der Waals surface area (Å²) in [5.74, 6) is 1.70. The third-order valence-electron chi connectivity index (χ3n) is 5.53. The summed E-state index contributed by atoms with van der Waals surface area (Å²) < 4.78 is 7.68. The number of nitrogens with zero attached hydrogens (tertiary/aromatic N) is 4. The fourth-order valence-corrected chi connectivity index (χ4v) is 4.13. The molecule has 0 spiro atoms. The van der Waals surface area contributed by atoms with Crippen LogP contribution >= 0.6 is 0 Å². The standard InChI is InChI=1S/C25H22N4O/c1-17-24(18-9-4-3-5-10-18)25-27-21(20-12-6-7-13-23(20)30-2)15-22(29(25)28-17)19-11-8-14-26-16-19/h3-14,16,22H,15H2,1-2H3/t22-/m1/s1. The van der Waals surface area contributed by atoms with Crippen molar-refractivity contribution in [3.05, 3.63) is 95.9 Å². The van der Waals surface area contributed by atoms with E-state index in [1.807, 2.05) is 60.3 Å². The van der Waals surface area contributed by atoms with Crippen LogP contribution in [0.2, 0.25) is 0 Å². The van der Waals surface area contributed by atoms with Crippen molar-refractivity contribution in [3.8, 4) is 16.9 Å². The largest absolute Gasteiger partial charge is 0.496 e. The number of pyridine rings is 1. The second-order valence-electron chi connectivity index (χ2n) is 7.36. The predicted molar refractivity (Wildman–Crippen MR) is 119 cm³/mol. The van der Waals surface area contributed by atoms with E-state index < -0.39 is 0 Å². The van der Waals surface area contributed by atoms with Crippen LogP contribution in [0.3, 0.4) is 0 Å². The van der Waals surface area contributed by atoms with Crippen molar-refractivity contribution in [2.75, 3.05) is 7.11 Å². The maximum atomic E-state index is 5.63. The number of fused-ring (bicyclic) bond motifs is 1. The molecule has 5 rings (SSSR count). The second-order valence-corrected chi connectivity index (χ2v) is 7.36. The summed E-state index contributed by atoms with van der Waals surface area (Å²) in [4.78, 5) is 9.46. The molecule has 0 unspecified atom stereocenters. The molecular formula is C25H22N4O. The number of benzene rings is 2. The first kappa shape index (κ1) is 18.3. The molecule has 2 aromatic heterocycles. The monoisotopic (exact) mass is 394 g/mol. The van der Waals surface area contributed by atoms with E-state index in [0.29, 0.717) is 6.42 Å². The maximum Gasteiger partial charge on any atom is 0.159 e. The number of hydrogen-bond acceptors (Lipinski definition) is 4. The van der Waals surface area contributed by atoms with Crippen LogP contribution in [0.25, 0.3) is 11.1 Å². The molecule has 1 aliphatic rings. The number of aromatic nitrogens is 3. The van der Waals surface area contributed by atoms with E-state index >= 15 is 0 Å². The lowest BCUT2D eigenvalue weighted by Gasteiger charge is -2.25. The molecule has 2 aromatic carbocycles. The van der Waals surface area contributed by atoms with Crippen molar-refractivity contribution < 1.29 is 4.74 Å². The van der Waals surface area contributed by atoms with Gasteiger partial charge in [-0.2, -0.15) is 5.10 Å². The quantitative estimate of drug-likeness (QED) is 0.467. The lowest BCUT2D eigenvalue weighted by molar-refractivity contribution is 0.413. The number of hydrogen-bond donors (Lipinski definition) is 0. The van der Waals surface area contributed by atoms with E-state index in [-0.39, 0.29) is 6.04 Å². The smallest absolute Gasteiger partial charge is 0.159 e. The van der Waals surface area contributed by atoms with Crippen molar-refractivity contribution in [3.63, 3.8) is 0 Å². The Morgan fingerprint density at radius 2 is 1.77 bits per heavy atom. The van der Waals surface area contributed by atoms with Gasteiger partial charge in [0.15, 0.2) is 5.82 Å². The van der Waals surface area contributed by atoms with Crippen LogP contribution in [0.15, 0.2) is 84.1 Å². The summed E-state index contributed by atoms with van der Waals surface area (Å²) >= 11 is 0. The Morgan fingerprint density at radius 3 is 2.53 bits per heavy atom. The summed E-state index contributed by atoms with van der Waals surface area (Å²) in [7, 11) is 1.70. The molecule has 0 bridgehead atoms. The van der Waals surface area contributed by atoms with Crippen LogP contribution in [0, 0.1) is 6.92 Å². The number of methoxy groups -OCH3 is 1. The number of aryl methyl sites for hydroxylation is 1. The fraction of sp³-hybridized carbons (Fsp3) is 0.160. The van der Waals surface area contributed by atoms with Gasteiger partial charge in [-0.25, -0.2) is 9.67 Å². The van der Waals surface area contributed by atoms with Crippen LogP contribution in [-0.4, -0.2) is 27.6 Å². The number of para-hydroxylation sites is 1. The highest BCUT2D eigenvalue weighted by Gasteiger charge is 2.30. The highest BCUT2D eigenvalue weighted by Crippen LogP contribution is 2.42. The zero-order valence-corrected chi connectivity index (χ0v) is 17.0. The van der Waals surface area contributed by atoms with E-state index in [4.69, 9.17) is 14.8 Å². The van der Waals surface area contributed by atoms with Gasteiger partial charge in [0.25, 0.3) is 0 Å². The SMILES string of the molecule is COc1ccccc1C1=Nc2c(-c3ccccc3)c(C)nn2[C@@H](c2cccnc2)C1. The highest BCUT2D eigenvalue weighted by molar-refractivity contribution is 6.06. The molecule has 5 heteroatoms. The molecule has 0 fully saturated rings. The molecule has 5 nitrogen and oxygen atoms in total. The Hall–Kier alpha value is -3.73. The summed E-state index contributed by atoms with van der Waals surface area (Å²) in [6, 6.07) is 22.5. The normalized spacial score (nSPS) is 15.4. The molecule has 4 aromatic rings. The van der Waals surface area contributed by atoms with Gasteiger partial charge in [0, 0.05) is 29.9 Å². The molecule has 0 N–H and O–H groups in total. The molecule has 0 saturated carbocycles. The molecule has 30 heavy (non-hydrogen) atoms. The van der Waals surface area contributed by atoms with Crippen LogP contribution < -0.4 is 4.74 Å². The molecule has 0 aliphatic carbocycles. The minimum Gasteiger partial charge on any atom is -0.496 e. The van der Waals surface area contributed by atoms with E-state index in [0.717, 1.165) is 45.2 Å². The number of ether oxygens (including phenoxy) is 1. The lowest BCUT2D eigenvalue weighted by atomic mass is 9.95. The third kappa shape index (κ3) is 3.08. The Bertz CT molecular complexity index is 1210. The van der Waals surface area contributed by atoms with E-state index in [9.17, 15) is 0 Å². The minimum absolute atomic E-state index is 0.0160. The topological polar surface area (TPSA) is 52.3 Å². The van der Waals surface area contributed by atoms with Crippen LogP contribution in [0.4, 0.5) is 5.82 Å². The molecule has 0 saturated heterocycles. The first-order valence-electron chi connectivity index (χ1n) is 10.0. The maximum absolute atomic E-state index is 5.63. The fourth-order valence-electron chi connectivity index (χ4n) is 4.13. The van der Waals surface area contributed by atoms with Gasteiger partial charge in [0.05, 0.1) is 24.6 Å². The van der Waals surface area contributed by atoms with Crippen molar-refractivity contribution in [1.82, 2.24) is 14.8 Å². The summed E-state index contributed by atoms with van der Waals surface area (Å²) in [5.41, 5.74) is 6.27. The van der Waals surface area contributed by atoms with Gasteiger partial charge in [-0.3, -0.25) is 4.98 Å². The molecular weight excluding hydrogens is 372 g/mol. The van der Waals surface area contributed by atoms with Crippen molar-refractivity contribution in [1.29, 1.82) is 0 Å². The van der Waals surface area contributed by atoms with Crippen molar-refractivity contribution in [2.24, 2.45) is 4.99 Å². The Kier molecular flexibility index (Phi) is 4.64. The van der Waals surface area contributed by atoms with Gasteiger partial charge in [0.1, 0.15) is 5.75 Å². The summed E-state index contributed by atoms with van der Waals surface area (Å²) in [6.45, 7) is 2.05. The van der Waals surface area contributed by atoms with Crippen LogP contribution in [0.5, 0.6) is 5.75 Å². The molecule has 0 amide bonds. The van der Waals surface area contributed by atoms with Crippen molar-refractivity contribution >= 4 is 11.5 Å². The van der Waals surface area contributed by atoms with Crippen molar-refractivity contribution in [2.45, 2.75) is 19.4 Å². The van der Waals surface area contributed by atoms with E-state index in [1.165, 1.54) is 0 Å². The number of aliphatic imine (C=N–C) groups is 1. The number of rotatable bonds is 4. The second kappa shape index (κ2) is 7.59. The van der Waals surface area contributed by atoms with Crippen LogP contribution in [0.1, 0.15) is 29.3 Å². The Labute approximate surface area is 175 Å². The highest BCUT2D eigenvalue weighted by atomic mass is 16.5. The van der Waals surface area contributed by atoms with Gasteiger partial charge in [0.2, 0.25) is 0 Å². The summed E-state index contributed by atoms with van der Waals surface area (Å²) in [5, 5.41) is 4.91.